The molecule has 3 N–H and O–H groups in total. The van der Waals surface area contributed by atoms with Crippen LogP contribution in [-0.2, 0) is 4.79 Å². The smallest absolute Gasteiger partial charge is 0.316 e. The van der Waals surface area contributed by atoms with Crippen LogP contribution in [0.4, 0.5) is 0 Å². The average Bonchev–Trinajstić information content (AvgIpc) is 1.89. The van der Waals surface area contributed by atoms with E-state index in [-0.39, 0.29) is 13.2 Å². The first kappa shape index (κ1) is 12.5. The van der Waals surface area contributed by atoms with E-state index in [0.717, 1.165) is 0 Å². The predicted octanol–water partition coefficient (Wildman–Crippen LogP) is -0.175. The maximum absolute atomic E-state index is 9.65. The van der Waals surface area contributed by atoms with Gasteiger partial charge in [-0.05, 0) is 6.92 Å². The first-order valence-electron chi connectivity index (χ1n) is 2.64. The molecule has 0 aliphatic carbocycles. The number of aliphatic hydroxyl groups excluding tert-OH is 2. The molecule has 62 valence electrons. The highest BCUT2D eigenvalue weighted by Crippen LogP contribution is 1.93. The minimum atomic E-state index is -0.824. The van der Waals surface area contributed by atoms with Crippen LogP contribution >= 0.6 is 15.9 Å². The van der Waals surface area contributed by atoms with Crippen molar-refractivity contribution < 1.29 is 20.1 Å². The van der Waals surface area contributed by atoms with Crippen molar-refractivity contribution >= 4 is 21.9 Å². The molecular formula is C5H11BrO4. The maximum Gasteiger partial charge on any atom is 0.316 e. The normalized spacial score (nSPS) is 11.2. The fraction of sp³-hybridized carbons (Fsp3) is 0.800. The molecule has 5 heteroatoms. The molecule has 0 saturated carbocycles. The summed E-state index contributed by atoms with van der Waals surface area (Å²) < 4.78 is 0. The van der Waals surface area contributed by atoms with Crippen LogP contribution in [0, 0.1) is 0 Å². The molecule has 0 aliphatic rings. The van der Waals surface area contributed by atoms with E-state index in [4.69, 9.17) is 15.3 Å². The van der Waals surface area contributed by atoms with Crippen LogP contribution in [0.25, 0.3) is 0 Å². The number of aliphatic hydroxyl groups is 2. The van der Waals surface area contributed by atoms with Gasteiger partial charge in [0.15, 0.2) is 0 Å². The molecule has 0 aliphatic heterocycles. The van der Waals surface area contributed by atoms with Crippen LogP contribution in [0.1, 0.15) is 6.92 Å². The molecule has 0 fully saturated rings. The Labute approximate surface area is 67.6 Å². The van der Waals surface area contributed by atoms with Gasteiger partial charge in [-0.15, -0.1) is 0 Å². The largest absolute Gasteiger partial charge is 0.480 e. The third-order valence-electron chi connectivity index (χ3n) is 0.440. The van der Waals surface area contributed by atoms with Gasteiger partial charge in [-0.2, -0.15) is 0 Å². The third-order valence-corrected chi connectivity index (χ3v) is 0.832. The summed E-state index contributed by atoms with van der Waals surface area (Å²) in [7, 11) is 0. The quantitative estimate of drug-likeness (QED) is 0.558. The van der Waals surface area contributed by atoms with Gasteiger partial charge in [0.05, 0.1) is 13.2 Å². The van der Waals surface area contributed by atoms with Crippen LogP contribution < -0.4 is 0 Å². The van der Waals surface area contributed by atoms with Gasteiger partial charge in [-0.3, -0.25) is 4.79 Å². The van der Waals surface area contributed by atoms with Crippen LogP contribution in [0.5, 0.6) is 0 Å². The number of alkyl halides is 1. The summed E-state index contributed by atoms with van der Waals surface area (Å²) in [6, 6.07) is 0. The van der Waals surface area contributed by atoms with E-state index in [1.54, 1.807) is 6.92 Å². The molecule has 1 unspecified atom stereocenters. The molecule has 0 amide bonds. The standard InChI is InChI=1S/C3H5BrO2.C2H6O2/c1-2(4)3(5)6;3-1-2-4/h2H,1H3,(H,5,6);3-4H,1-2H2. The molecule has 10 heavy (non-hydrogen) atoms. The van der Waals surface area contributed by atoms with E-state index in [2.05, 4.69) is 15.9 Å². The minimum absolute atomic E-state index is 0.125. The molecule has 0 aromatic heterocycles. The number of hydrogen-bond donors (Lipinski definition) is 3. The summed E-state index contributed by atoms with van der Waals surface area (Å²) in [4.78, 5) is 9.23. The highest BCUT2D eigenvalue weighted by atomic mass is 79.9. The summed E-state index contributed by atoms with van der Waals surface area (Å²) in [6.07, 6.45) is 0. The van der Waals surface area contributed by atoms with Crippen LogP contribution in [0.2, 0.25) is 0 Å². The molecule has 0 aromatic rings. The van der Waals surface area contributed by atoms with Crippen molar-refractivity contribution in [1.29, 1.82) is 0 Å². The van der Waals surface area contributed by atoms with E-state index in [1.165, 1.54) is 0 Å². The zero-order valence-electron chi connectivity index (χ0n) is 5.62. The summed E-state index contributed by atoms with van der Waals surface area (Å²) in [5.41, 5.74) is 0. The molecule has 0 bridgehead atoms. The van der Waals surface area contributed by atoms with Gasteiger partial charge in [0, 0.05) is 0 Å². The lowest BCUT2D eigenvalue weighted by Gasteiger charge is -1.87. The lowest BCUT2D eigenvalue weighted by Crippen LogP contribution is -2.06. The number of aliphatic carboxylic acids is 1. The maximum atomic E-state index is 9.65. The Bertz CT molecular complexity index is 81.7. The third kappa shape index (κ3) is 15.7. The van der Waals surface area contributed by atoms with Gasteiger partial charge in [0.2, 0.25) is 0 Å². The first-order valence-corrected chi connectivity index (χ1v) is 3.56. The van der Waals surface area contributed by atoms with E-state index < -0.39 is 10.8 Å². The van der Waals surface area contributed by atoms with Crippen LogP contribution in [-0.4, -0.2) is 39.3 Å². The number of rotatable bonds is 2. The Hall–Kier alpha value is -0.130. The predicted molar refractivity (Wildman–Crippen MR) is 40.2 cm³/mol. The number of carbonyl (C=O) groups is 1. The Morgan fingerprint density at radius 2 is 1.70 bits per heavy atom. The molecule has 0 radical (unpaired) electrons. The lowest BCUT2D eigenvalue weighted by atomic mass is 10.5. The van der Waals surface area contributed by atoms with E-state index in [9.17, 15) is 4.79 Å². The fourth-order valence-electron chi connectivity index (χ4n) is 0. The van der Waals surface area contributed by atoms with Crippen molar-refractivity contribution in [3.05, 3.63) is 0 Å². The Balaban J connectivity index is 0. The Morgan fingerprint density at radius 3 is 1.70 bits per heavy atom. The number of hydrogen-bond acceptors (Lipinski definition) is 3. The van der Waals surface area contributed by atoms with Crippen molar-refractivity contribution in [2.75, 3.05) is 13.2 Å². The zero-order chi connectivity index (χ0) is 8.57. The van der Waals surface area contributed by atoms with Gasteiger partial charge in [0.1, 0.15) is 4.83 Å². The van der Waals surface area contributed by atoms with Gasteiger partial charge in [-0.1, -0.05) is 15.9 Å². The van der Waals surface area contributed by atoms with Crippen LogP contribution in [0.15, 0.2) is 0 Å². The summed E-state index contributed by atoms with van der Waals surface area (Å²) in [5, 5.41) is 23.2. The molecule has 4 nitrogen and oxygen atoms in total. The second kappa shape index (κ2) is 8.87. The minimum Gasteiger partial charge on any atom is -0.480 e. The van der Waals surface area contributed by atoms with Crippen molar-refractivity contribution in [2.24, 2.45) is 0 Å². The molecule has 1 atom stereocenters. The SMILES string of the molecule is CC(Br)C(=O)O.OCCO. The highest BCUT2D eigenvalue weighted by molar-refractivity contribution is 9.10. The number of carboxylic acid groups (broad SMARTS) is 1. The van der Waals surface area contributed by atoms with Crippen molar-refractivity contribution in [2.45, 2.75) is 11.8 Å². The average molecular weight is 215 g/mol. The molecule has 0 rings (SSSR count). The molecular weight excluding hydrogens is 204 g/mol. The molecule has 0 aromatic carbocycles. The van der Waals surface area contributed by atoms with E-state index in [0.29, 0.717) is 0 Å². The van der Waals surface area contributed by atoms with Gasteiger partial charge in [0.25, 0.3) is 0 Å². The summed E-state index contributed by atoms with van der Waals surface area (Å²) >= 11 is 2.84. The highest BCUT2D eigenvalue weighted by Gasteiger charge is 2.01. The topological polar surface area (TPSA) is 77.8 Å². The first-order chi connectivity index (χ1) is 4.56. The van der Waals surface area contributed by atoms with Crippen molar-refractivity contribution in [1.82, 2.24) is 0 Å². The Morgan fingerprint density at radius 1 is 1.50 bits per heavy atom. The van der Waals surface area contributed by atoms with Crippen molar-refractivity contribution in [3.8, 4) is 0 Å². The van der Waals surface area contributed by atoms with E-state index >= 15 is 0 Å². The molecule has 0 heterocycles. The molecule has 0 spiro atoms. The van der Waals surface area contributed by atoms with Gasteiger partial charge < -0.3 is 15.3 Å². The van der Waals surface area contributed by atoms with Crippen LogP contribution in [0.3, 0.4) is 0 Å². The second-order valence-corrected chi connectivity index (χ2v) is 2.77. The fourth-order valence-corrected chi connectivity index (χ4v) is 0. The second-order valence-electron chi connectivity index (χ2n) is 1.40. The van der Waals surface area contributed by atoms with Gasteiger partial charge in [-0.25, -0.2) is 0 Å². The summed E-state index contributed by atoms with van der Waals surface area (Å²) in [6.45, 7) is 1.31. The summed E-state index contributed by atoms with van der Waals surface area (Å²) in [5.74, 6) is -0.824. The monoisotopic (exact) mass is 214 g/mol. The van der Waals surface area contributed by atoms with Gasteiger partial charge >= 0.3 is 5.97 Å². The van der Waals surface area contributed by atoms with E-state index in [1.807, 2.05) is 0 Å². The number of carboxylic acids is 1. The zero-order valence-corrected chi connectivity index (χ0v) is 7.21. The lowest BCUT2D eigenvalue weighted by molar-refractivity contribution is -0.135. The number of halogens is 1. The van der Waals surface area contributed by atoms with Crippen molar-refractivity contribution in [3.63, 3.8) is 0 Å². The molecule has 0 saturated heterocycles. The Kier molecular flexibility index (Phi) is 11.1.